The summed E-state index contributed by atoms with van der Waals surface area (Å²) >= 11 is 5.98. The van der Waals surface area contributed by atoms with E-state index in [0.717, 1.165) is 12.4 Å². The Balaban J connectivity index is 1.80. The van der Waals surface area contributed by atoms with Crippen LogP contribution in [-0.2, 0) is 6.18 Å². The zero-order valence-corrected chi connectivity index (χ0v) is 17.0. The van der Waals surface area contributed by atoms with Crippen molar-refractivity contribution in [2.75, 3.05) is 17.7 Å². The van der Waals surface area contributed by atoms with E-state index in [1.54, 1.807) is 18.9 Å². The van der Waals surface area contributed by atoms with Crippen molar-refractivity contribution in [1.29, 1.82) is 0 Å². The Morgan fingerprint density at radius 3 is 2.48 bits per heavy atom. The van der Waals surface area contributed by atoms with E-state index in [1.165, 1.54) is 29.5 Å². The molecule has 0 aliphatic heterocycles. The fourth-order valence-electron chi connectivity index (χ4n) is 3.16. The first-order chi connectivity index (χ1) is 14.7. The molecule has 0 aliphatic carbocycles. The molecule has 4 aromatic rings. The van der Waals surface area contributed by atoms with Crippen LogP contribution in [0.1, 0.15) is 24.4 Å². The zero-order chi connectivity index (χ0) is 22.3. The van der Waals surface area contributed by atoms with Crippen LogP contribution in [0, 0.1) is 0 Å². The minimum absolute atomic E-state index is 0.0726. The van der Waals surface area contributed by atoms with Crippen LogP contribution in [-0.4, -0.2) is 41.7 Å². The molecule has 1 atom stereocenters. The molecule has 0 fully saturated rings. The third kappa shape index (κ3) is 3.81. The minimum Gasteiger partial charge on any atom is -0.384 e. The monoisotopic (exact) mass is 449 g/mol. The minimum atomic E-state index is -4.62. The summed E-state index contributed by atoms with van der Waals surface area (Å²) in [5, 5.41) is 4.27. The Labute approximate surface area is 178 Å². The average Bonchev–Trinajstić information content (AvgIpc) is 3.21. The number of nitrogens with two attached hydrogens (primary N) is 1. The van der Waals surface area contributed by atoms with Gasteiger partial charge in [0, 0.05) is 23.5 Å². The molecule has 0 saturated heterocycles. The third-order valence-corrected chi connectivity index (χ3v) is 4.96. The molecule has 0 spiro atoms. The van der Waals surface area contributed by atoms with E-state index in [-0.39, 0.29) is 27.6 Å². The first kappa shape index (κ1) is 20.7. The van der Waals surface area contributed by atoms with Gasteiger partial charge in [-0.25, -0.2) is 24.9 Å². The SMILES string of the molecule is C[C@@H](c1ncnn1-c1cc(N)ncn1)N(C)c1ncnc2c(C(F)(F)F)cc(Cl)cc12. The summed E-state index contributed by atoms with van der Waals surface area (Å²) in [5.74, 6) is 1.37. The number of fused-ring (bicyclic) bond motifs is 1. The predicted octanol–water partition coefficient (Wildman–Crippen LogP) is 3.45. The molecule has 3 heterocycles. The molecule has 0 radical (unpaired) electrons. The molecule has 0 aliphatic rings. The van der Waals surface area contributed by atoms with Gasteiger partial charge >= 0.3 is 6.18 Å². The molecule has 0 saturated carbocycles. The van der Waals surface area contributed by atoms with Gasteiger partial charge in [0.05, 0.1) is 17.1 Å². The van der Waals surface area contributed by atoms with Crippen molar-refractivity contribution in [3.05, 3.63) is 53.6 Å². The van der Waals surface area contributed by atoms with Gasteiger partial charge in [-0.2, -0.15) is 23.0 Å². The van der Waals surface area contributed by atoms with Crippen molar-refractivity contribution in [2.24, 2.45) is 0 Å². The van der Waals surface area contributed by atoms with E-state index in [2.05, 4.69) is 30.0 Å². The Morgan fingerprint density at radius 2 is 1.77 bits per heavy atom. The summed E-state index contributed by atoms with van der Waals surface area (Å²) in [6.45, 7) is 1.80. The summed E-state index contributed by atoms with van der Waals surface area (Å²) in [7, 11) is 1.67. The molecule has 160 valence electrons. The van der Waals surface area contributed by atoms with Crippen molar-refractivity contribution in [1.82, 2.24) is 34.7 Å². The van der Waals surface area contributed by atoms with E-state index in [4.69, 9.17) is 17.3 Å². The van der Waals surface area contributed by atoms with Gasteiger partial charge in [0.2, 0.25) is 0 Å². The van der Waals surface area contributed by atoms with Crippen molar-refractivity contribution >= 4 is 34.1 Å². The summed E-state index contributed by atoms with van der Waals surface area (Å²) in [4.78, 5) is 22.0. The van der Waals surface area contributed by atoms with Gasteiger partial charge in [0.1, 0.15) is 30.6 Å². The normalized spacial score (nSPS) is 12.8. The lowest BCUT2D eigenvalue weighted by Crippen LogP contribution is -2.26. The highest BCUT2D eigenvalue weighted by atomic mass is 35.5. The molecule has 1 aromatic carbocycles. The van der Waals surface area contributed by atoms with E-state index in [1.807, 2.05) is 0 Å². The zero-order valence-electron chi connectivity index (χ0n) is 16.2. The fourth-order valence-corrected chi connectivity index (χ4v) is 3.38. The number of benzene rings is 1. The number of halogens is 4. The third-order valence-electron chi connectivity index (χ3n) is 4.74. The summed E-state index contributed by atoms with van der Waals surface area (Å²) in [6, 6.07) is 3.31. The second-order valence-electron chi connectivity index (χ2n) is 6.66. The number of alkyl halides is 3. The lowest BCUT2D eigenvalue weighted by molar-refractivity contribution is -0.136. The van der Waals surface area contributed by atoms with Crippen LogP contribution in [0.2, 0.25) is 5.02 Å². The second kappa shape index (κ2) is 7.61. The maximum atomic E-state index is 13.5. The Hall–Kier alpha value is -3.54. The van der Waals surface area contributed by atoms with Gasteiger partial charge in [-0.3, -0.25) is 0 Å². The van der Waals surface area contributed by atoms with Gasteiger partial charge < -0.3 is 10.6 Å². The van der Waals surface area contributed by atoms with Crippen LogP contribution in [0.25, 0.3) is 16.7 Å². The summed E-state index contributed by atoms with van der Waals surface area (Å²) in [5.41, 5.74) is 4.55. The number of nitrogens with zero attached hydrogens (tertiary/aromatic N) is 8. The van der Waals surface area contributed by atoms with E-state index < -0.39 is 17.8 Å². The molecular weight excluding hydrogens is 435 g/mol. The number of aromatic nitrogens is 7. The predicted molar refractivity (Wildman–Crippen MR) is 108 cm³/mol. The van der Waals surface area contributed by atoms with Crippen molar-refractivity contribution in [3.63, 3.8) is 0 Å². The number of anilines is 2. The van der Waals surface area contributed by atoms with Gasteiger partial charge in [0.25, 0.3) is 0 Å². The maximum Gasteiger partial charge on any atom is 0.418 e. The van der Waals surface area contributed by atoms with E-state index in [9.17, 15) is 13.2 Å². The topological polar surface area (TPSA) is 112 Å². The number of hydrogen-bond acceptors (Lipinski definition) is 8. The second-order valence-corrected chi connectivity index (χ2v) is 7.10. The maximum absolute atomic E-state index is 13.5. The van der Waals surface area contributed by atoms with Crippen LogP contribution in [0.4, 0.5) is 24.8 Å². The van der Waals surface area contributed by atoms with Crippen LogP contribution in [0.15, 0.2) is 37.2 Å². The van der Waals surface area contributed by atoms with Crippen LogP contribution in [0.5, 0.6) is 0 Å². The van der Waals surface area contributed by atoms with Gasteiger partial charge in [-0.05, 0) is 19.1 Å². The molecule has 9 nitrogen and oxygen atoms in total. The van der Waals surface area contributed by atoms with Crippen LogP contribution in [0.3, 0.4) is 0 Å². The number of rotatable bonds is 4. The lowest BCUT2D eigenvalue weighted by Gasteiger charge is -2.26. The van der Waals surface area contributed by atoms with Gasteiger partial charge in [0.15, 0.2) is 11.6 Å². The quantitative estimate of drug-likeness (QED) is 0.504. The first-order valence-electron chi connectivity index (χ1n) is 8.89. The highest BCUT2D eigenvalue weighted by Gasteiger charge is 2.35. The molecule has 0 amide bonds. The molecule has 4 rings (SSSR count). The number of nitrogen functional groups attached to an aromatic ring is 1. The van der Waals surface area contributed by atoms with Crippen molar-refractivity contribution in [3.8, 4) is 5.82 Å². The molecule has 2 N–H and O–H groups in total. The van der Waals surface area contributed by atoms with Crippen molar-refractivity contribution in [2.45, 2.75) is 19.1 Å². The highest BCUT2D eigenvalue weighted by molar-refractivity contribution is 6.31. The van der Waals surface area contributed by atoms with Gasteiger partial charge in [-0.15, -0.1) is 0 Å². The molecule has 0 unspecified atom stereocenters. The van der Waals surface area contributed by atoms with Crippen molar-refractivity contribution < 1.29 is 13.2 Å². The summed E-state index contributed by atoms with van der Waals surface area (Å²) < 4.78 is 42.0. The average molecular weight is 450 g/mol. The highest BCUT2D eigenvalue weighted by Crippen LogP contribution is 2.39. The molecule has 0 bridgehead atoms. The fraction of sp³-hybridized carbons (Fsp3) is 0.222. The molecule has 13 heteroatoms. The first-order valence-corrected chi connectivity index (χ1v) is 9.26. The molecular formula is C18H15ClF3N9. The van der Waals surface area contributed by atoms with Crippen LogP contribution < -0.4 is 10.6 Å². The van der Waals surface area contributed by atoms with E-state index >= 15 is 0 Å². The standard InChI is InChI=1S/C18H15ClF3N9/c1-9(16-28-8-29-31(16)14-5-13(23)24-6-25-14)30(2)17-11-3-10(19)4-12(18(20,21)22)15(11)26-7-27-17/h3-9H,1-2H3,(H2,23,24,25)/t9-/m0/s1. The number of hydrogen-bond donors (Lipinski definition) is 1. The molecule has 31 heavy (non-hydrogen) atoms. The summed E-state index contributed by atoms with van der Waals surface area (Å²) in [6.07, 6.45) is -0.899. The lowest BCUT2D eigenvalue weighted by atomic mass is 10.1. The van der Waals surface area contributed by atoms with Crippen LogP contribution >= 0.6 is 11.6 Å². The Morgan fingerprint density at radius 1 is 1.03 bits per heavy atom. The van der Waals surface area contributed by atoms with E-state index in [0.29, 0.717) is 11.6 Å². The Kier molecular flexibility index (Phi) is 5.09. The van der Waals surface area contributed by atoms with Gasteiger partial charge in [-0.1, -0.05) is 11.6 Å². The Bertz CT molecular complexity index is 1260. The molecule has 3 aromatic heterocycles. The smallest absolute Gasteiger partial charge is 0.384 e. The largest absolute Gasteiger partial charge is 0.418 e.